The van der Waals surface area contributed by atoms with Gasteiger partial charge in [0, 0.05) is 26.2 Å². The van der Waals surface area contributed by atoms with Crippen LogP contribution in [0.2, 0.25) is 0 Å². The minimum absolute atomic E-state index is 0.0576. The Morgan fingerprint density at radius 3 is 2.24 bits per heavy atom. The number of hydrogen-bond donors (Lipinski definition) is 0. The molecule has 1 saturated heterocycles. The molecule has 0 unspecified atom stereocenters. The van der Waals surface area contributed by atoms with Gasteiger partial charge in [0.2, 0.25) is 5.82 Å². The summed E-state index contributed by atoms with van der Waals surface area (Å²) in [7, 11) is 0. The summed E-state index contributed by atoms with van der Waals surface area (Å²) < 4.78 is 1.76. The van der Waals surface area contributed by atoms with E-state index in [1.807, 2.05) is 36.1 Å². The molecule has 0 aliphatic carbocycles. The summed E-state index contributed by atoms with van der Waals surface area (Å²) in [5.41, 5.74) is 3.47. The van der Waals surface area contributed by atoms with Gasteiger partial charge < -0.3 is 4.90 Å². The highest BCUT2D eigenvalue weighted by Crippen LogP contribution is 2.15. The van der Waals surface area contributed by atoms with Gasteiger partial charge in [-0.2, -0.15) is 0 Å². The fourth-order valence-electron chi connectivity index (χ4n) is 4.46. The van der Waals surface area contributed by atoms with Crippen molar-refractivity contribution in [2.75, 3.05) is 26.2 Å². The number of benzene rings is 2. The summed E-state index contributed by atoms with van der Waals surface area (Å²) in [5.74, 6) is 0.969. The first-order chi connectivity index (χ1) is 16.1. The largest absolute Gasteiger partial charge is 0.336 e. The van der Waals surface area contributed by atoms with E-state index in [1.165, 1.54) is 24.0 Å². The third-order valence-corrected chi connectivity index (χ3v) is 6.33. The van der Waals surface area contributed by atoms with E-state index < -0.39 is 0 Å². The SMILES string of the molecule is Cc1ccc(-n2nc(C(=O)N3CCCCCCN(Cc4ccccc4)CCC3)nc2C)cc1. The van der Waals surface area contributed by atoms with E-state index in [2.05, 4.69) is 52.2 Å². The second kappa shape index (κ2) is 11.2. The van der Waals surface area contributed by atoms with Crippen molar-refractivity contribution in [2.24, 2.45) is 0 Å². The van der Waals surface area contributed by atoms with Crippen LogP contribution in [0.3, 0.4) is 0 Å². The smallest absolute Gasteiger partial charge is 0.293 e. The fraction of sp³-hybridized carbons (Fsp3) is 0.444. The summed E-state index contributed by atoms with van der Waals surface area (Å²) >= 11 is 0. The molecule has 1 amide bonds. The number of hydrogen-bond acceptors (Lipinski definition) is 4. The molecule has 3 aromatic rings. The van der Waals surface area contributed by atoms with Gasteiger partial charge in [-0.15, -0.1) is 5.10 Å². The zero-order valence-corrected chi connectivity index (χ0v) is 19.9. The van der Waals surface area contributed by atoms with E-state index >= 15 is 0 Å². The molecule has 6 heteroatoms. The molecule has 1 aliphatic heterocycles. The van der Waals surface area contributed by atoms with Gasteiger partial charge in [-0.25, -0.2) is 9.67 Å². The molecule has 2 heterocycles. The van der Waals surface area contributed by atoms with Gasteiger partial charge in [0.05, 0.1) is 5.69 Å². The molecule has 6 nitrogen and oxygen atoms in total. The highest BCUT2D eigenvalue weighted by Gasteiger charge is 2.22. The molecule has 1 fully saturated rings. The Hall–Kier alpha value is -2.99. The maximum atomic E-state index is 13.3. The van der Waals surface area contributed by atoms with Crippen LogP contribution in [0.5, 0.6) is 0 Å². The number of carbonyl (C=O) groups excluding carboxylic acids is 1. The van der Waals surface area contributed by atoms with Crippen LogP contribution in [-0.2, 0) is 6.54 Å². The summed E-state index contributed by atoms with van der Waals surface area (Å²) in [6.07, 6.45) is 5.54. The number of aromatic nitrogens is 3. The highest BCUT2D eigenvalue weighted by atomic mass is 16.2. The molecular formula is C27H35N5O. The summed E-state index contributed by atoms with van der Waals surface area (Å²) in [6.45, 7) is 8.54. The van der Waals surface area contributed by atoms with E-state index in [0.29, 0.717) is 5.82 Å². The number of carbonyl (C=O) groups is 1. The van der Waals surface area contributed by atoms with Crippen molar-refractivity contribution in [3.63, 3.8) is 0 Å². The Labute approximate surface area is 197 Å². The van der Waals surface area contributed by atoms with Gasteiger partial charge in [-0.05, 0) is 57.4 Å². The lowest BCUT2D eigenvalue weighted by Gasteiger charge is -2.24. The van der Waals surface area contributed by atoms with Crippen molar-refractivity contribution in [1.29, 1.82) is 0 Å². The van der Waals surface area contributed by atoms with Crippen molar-refractivity contribution in [2.45, 2.75) is 52.5 Å². The molecule has 33 heavy (non-hydrogen) atoms. The molecule has 0 spiro atoms. The predicted molar refractivity (Wildman–Crippen MR) is 132 cm³/mol. The van der Waals surface area contributed by atoms with Gasteiger partial charge in [0.15, 0.2) is 0 Å². The zero-order valence-electron chi connectivity index (χ0n) is 19.9. The van der Waals surface area contributed by atoms with Crippen molar-refractivity contribution in [3.05, 3.63) is 77.4 Å². The number of aryl methyl sites for hydroxylation is 2. The molecule has 0 N–H and O–H groups in total. The van der Waals surface area contributed by atoms with Crippen molar-refractivity contribution in [3.8, 4) is 5.69 Å². The molecule has 1 aromatic heterocycles. The third-order valence-electron chi connectivity index (χ3n) is 6.33. The average molecular weight is 446 g/mol. The molecule has 0 saturated carbocycles. The van der Waals surface area contributed by atoms with E-state index in [4.69, 9.17) is 0 Å². The Balaban J connectivity index is 1.43. The van der Waals surface area contributed by atoms with Crippen LogP contribution in [0.25, 0.3) is 5.69 Å². The van der Waals surface area contributed by atoms with Crippen LogP contribution in [0.4, 0.5) is 0 Å². The summed E-state index contributed by atoms with van der Waals surface area (Å²) in [5, 5.41) is 4.57. The van der Waals surface area contributed by atoms with Gasteiger partial charge in [-0.3, -0.25) is 9.69 Å². The standard InChI is InChI=1S/C27H35N5O/c1-22-13-15-25(16-14-22)32-23(2)28-26(29-32)27(33)31-19-9-4-3-8-17-30(18-10-20-31)21-24-11-6-5-7-12-24/h5-7,11-16H,3-4,8-10,17-21H2,1-2H3. The molecule has 2 aromatic carbocycles. The molecule has 1 aliphatic rings. The Morgan fingerprint density at radius 1 is 0.818 bits per heavy atom. The van der Waals surface area contributed by atoms with Gasteiger partial charge in [0.25, 0.3) is 5.91 Å². The molecule has 174 valence electrons. The quantitative estimate of drug-likeness (QED) is 0.579. The van der Waals surface area contributed by atoms with Gasteiger partial charge >= 0.3 is 0 Å². The van der Waals surface area contributed by atoms with Crippen LogP contribution < -0.4 is 0 Å². The molecule has 0 atom stereocenters. The average Bonchev–Trinajstić information content (AvgIpc) is 3.19. The number of amides is 1. The third kappa shape index (κ3) is 6.29. The van der Waals surface area contributed by atoms with Crippen molar-refractivity contribution >= 4 is 5.91 Å². The number of nitrogens with zero attached hydrogens (tertiary/aromatic N) is 5. The number of rotatable bonds is 4. The lowest BCUT2D eigenvalue weighted by atomic mass is 10.1. The monoisotopic (exact) mass is 445 g/mol. The minimum Gasteiger partial charge on any atom is -0.336 e. The van der Waals surface area contributed by atoms with Crippen LogP contribution >= 0.6 is 0 Å². The van der Waals surface area contributed by atoms with Crippen LogP contribution in [0, 0.1) is 13.8 Å². The van der Waals surface area contributed by atoms with Crippen molar-refractivity contribution in [1.82, 2.24) is 24.6 Å². The predicted octanol–water partition coefficient (Wildman–Crippen LogP) is 4.79. The normalized spacial score (nSPS) is 16.4. The first-order valence-corrected chi connectivity index (χ1v) is 12.2. The molecule has 4 rings (SSSR count). The first kappa shape index (κ1) is 23.2. The highest BCUT2D eigenvalue weighted by molar-refractivity contribution is 5.90. The maximum Gasteiger partial charge on any atom is 0.293 e. The summed E-state index contributed by atoms with van der Waals surface area (Å²) in [6, 6.07) is 18.8. The van der Waals surface area contributed by atoms with E-state index in [0.717, 1.165) is 63.5 Å². The van der Waals surface area contributed by atoms with Crippen molar-refractivity contribution < 1.29 is 4.79 Å². The minimum atomic E-state index is -0.0576. The first-order valence-electron chi connectivity index (χ1n) is 12.2. The maximum absolute atomic E-state index is 13.3. The lowest BCUT2D eigenvalue weighted by molar-refractivity contribution is 0.0734. The van der Waals surface area contributed by atoms with Gasteiger partial charge in [0.1, 0.15) is 5.82 Å². The van der Waals surface area contributed by atoms with E-state index in [9.17, 15) is 4.79 Å². The zero-order chi connectivity index (χ0) is 23.0. The molecular weight excluding hydrogens is 410 g/mol. The van der Waals surface area contributed by atoms with Crippen LogP contribution in [0.1, 0.15) is 59.7 Å². The summed E-state index contributed by atoms with van der Waals surface area (Å²) in [4.78, 5) is 22.4. The Kier molecular flexibility index (Phi) is 7.89. The lowest BCUT2D eigenvalue weighted by Crippen LogP contribution is -2.35. The second-order valence-electron chi connectivity index (χ2n) is 9.05. The second-order valence-corrected chi connectivity index (χ2v) is 9.05. The topological polar surface area (TPSA) is 54.3 Å². The molecule has 0 bridgehead atoms. The molecule has 0 radical (unpaired) electrons. The Bertz CT molecular complexity index is 1030. The van der Waals surface area contributed by atoms with E-state index in [1.54, 1.807) is 4.68 Å². The van der Waals surface area contributed by atoms with Crippen LogP contribution in [-0.4, -0.2) is 56.7 Å². The van der Waals surface area contributed by atoms with Gasteiger partial charge in [-0.1, -0.05) is 60.9 Å². The van der Waals surface area contributed by atoms with E-state index in [-0.39, 0.29) is 5.91 Å². The Morgan fingerprint density at radius 2 is 1.48 bits per heavy atom. The fourth-order valence-corrected chi connectivity index (χ4v) is 4.46. The van der Waals surface area contributed by atoms with Crippen LogP contribution in [0.15, 0.2) is 54.6 Å².